The Kier molecular flexibility index (Phi) is 4.74. The van der Waals surface area contributed by atoms with Gasteiger partial charge in [0.15, 0.2) is 5.82 Å². The number of esters is 1. The molecule has 3 aromatic rings. The number of nitro benzene ring substituents is 1. The predicted octanol–water partition coefficient (Wildman–Crippen LogP) is 1.99. The number of aromatic nitrogens is 4. The third-order valence-corrected chi connectivity index (χ3v) is 3.39. The van der Waals surface area contributed by atoms with Gasteiger partial charge in [0.1, 0.15) is 13.2 Å². The first-order chi connectivity index (χ1) is 12.1. The average Bonchev–Trinajstić information content (AvgIpc) is 3.09. The maximum absolute atomic E-state index is 12.0. The summed E-state index contributed by atoms with van der Waals surface area (Å²) in [6, 6.07) is 15.0. The van der Waals surface area contributed by atoms with Gasteiger partial charge in [0.2, 0.25) is 0 Å². The van der Waals surface area contributed by atoms with Crippen LogP contribution >= 0.6 is 0 Å². The van der Waals surface area contributed by atoms with Crippen LogP contribution in [0.1, 0.15) is 5.56 Å². The molecule has 0 fully saturated rings. The van der Waals surface area contributed by atoms with E-state index in [2.05, 4.69) is 15.5 Å². The molecular formula is C16H13N5O4. The second kappa shape index (κ2) is 7.30. The van der Waals surface area contributed by atoms with Crippen LogP contribution in [0, 0.1) is 10.1 Å². The number of tetrazole rings is 1. The summed E-state index contributed by atoms with van der Waals surface area (Å²) >= 11 is 0. The lowest BCUT2D eigenvalue weighted by atomic mass is 10.2. The smallest absolute Gasteiger partial charge is 0.328 e. The minimum atomic E-state index is -0.511. The minimum Gasteiger partial charge on any atom is -0.459 e. The number of nitro groups is 1. The van der Waals surface area contributed by atoms with Gasteiger partial charge >= 0.3 is 5.97 Å². The van der Waals surface area contributed by atoms with Crippen LogP contribution in [0.3, 0.4) is 0 Å². The summed E-state index contributed by atoms with van der Waals surface area (Å²) in [5.41, 5.74) is 1.42. The topological polar surface area (TPSA) is 113 Å². The maximum atomic E-state index is 12.0. The highest BCUT2D eigenvalue weighted by Gasteiger charge is 2.13. The molecular weight excluding hydrogens is 326 g/mol. The van der Waals surface area contributed by atoms with Gasteiger partial charge in [-0.15, -0.1) is 5.10 Å². The molecule has 0 unspecified atom stereocenters. The van der Waals surface area contributed by atoms with Gasteiger partial charge < -0.3 is 4.74 Å². The van der Waals surface area contributed by atoms with Crippen molar-refractivity contribution in [2.24, 2.45) is 0 Å². The quantitative estimate of drug-likeness (QED) is 0.383. The monoisotopic (exact) mass is 339 g/mol. The molecule has 0 amide bonds. The Labute approximate surface area is 142 Å². The molecule has 0 aliphatic heterocycles. The van der Waals surface area contributed by atoms with Crippen molar-refractivity contribution < 1.29 is 14.5 Å². The van der Waals surface area contributed by atoms with Crippen LogP contribution in [0.4, 0.5) is 5.69 Å². The number of hydrogen-bond donors (Lipinski definition) is 0. The number of carbonyl (C=O) groups excluding carboxylic acids is 1. The van der Waals surface area contributed by atoms with Crippen LogP contribution in [0.25, 0.3) is 11.4 Å². The molecule has 2 aromatic carbocycles. The Morgan fingerprint density at radius 1 is 1.12 bits per heavy atom. The summed E-state index contributed by atoms with van der Waals surface area (Å²) in [6.45, 7) is -0.121. The summed E-state index contributed by atoms with van der Waals surface area (Å²) in [4.78, 5) is 22.1. The summed E-state index contributed by atoms with van der Waals surface area (Å²) in [7, 11) is 0. The Balaban J connectivity index is 1.60. The van der Waals surface area contributed by atoms with Crippen molar-refractivity contribution in [3.63, 3.8) is 0 Å². The highest BCUT2D eigenvalue weighted by atomic mass is 16.6. The Morgan fingerprint density at radius 2 is 1.84 bits per heavy atom. The highest BCUT2D eigenvalue weighted by Crippen LogP contribution is 2.15. The van der Waals surface area contributed by atoms with Crippen molar-refractivity contribution >= 4 is 11.7 Å². The van der Waals surface area contributed by atoms with E-state index in [-0.39, 0.29) is 18.8 Å². The van der Waals surface area contributed by atoms with E-state index in [0.717, 1.165) is 5.56 Å². The van der Waals surface area contributed by atoms with Crippen LogP contribution in [0.2, 0.25) is 0 Å². The summed E-state index contributed by atoms with van der Waals surface area (Å²) in [6.07, 6.45) is 0. The fraction of sp³-hybridized carbons (Fsp3) is 0.125. The molecule has 0 atom stereocenters. The first kappa shape index (κ1) is 16.2. The van der Waals surface area contributed by atoms with E-state index in [1.165, 1.54) is 28.9 Å². The molecule has 0 aliphatic carbocycles. The fourth-order valence-corrected chi connectivity index (χ4v) is 2.15. The first-order valence-corrected chi connectivity index (χ1v) is 7.34. The number of ether oxygens (including phenoxy) is 1. The van der Waals surface area contributed by atoms with Gasteiger partial charge in [0.05, 0.1) is 4.92 Å². The molecule has 1 heterocycles. The van der Waals surface area contributed by atoms with Crippen LogP contribution in [0.5, 0.6) is 0 Å². The van der Waals surface area contributed by atoms with E-state index in [4.69, 9.17) is 4.74 Å². The normalized spacial score (nSPS) is 10.4. The van der Waals surface area contributed by atoms with Crippen LogP contribution in [0.15, 0.2) is 54.6 Å². The maximum Gasteiger partial charge on any atom is 0.328 e. The zero-order chi connectivity index (χ0) is 17.6. The molecule has 126 valence electrons. The molecule has 9 nitrogen and oxygen atoms in total. The molecule has 0 saturated heterocycles. The first-order valence-electron chi connectivity index (χ1n) is 7.34. The standard InChI is InChI=1S/C16H13N5O4/c22-15(25-11-12-6-8-14(9-7-12)21(23)24)10-20-16(17-18-19-20)13-4-2-1-3-5-13/h1-9H,10-11H2. The lowest BCUT2D eigenvalue weighted by molar-refractivity contribution is -0.384. The van der Waals surface area contributed by atoms with Crippen molar-refractivity contribution in [1.29, 1.82) is 0 Å². The van der Waals surface area contributed by atoms with Gasteiger partial charge in [-0.3, -0.25) is 14.9 Å². The van der Waals surface area contributed by atoms with E-state index < -0.39 is 10.9 Å². The van der Waals surface area contributed by atoms with Gasteiger partial charge in [-0.25, -0.2) is 4.68 Å². The Morgan fingerprint density at radius 3 is 2.52 bits per heavy atom. The van der Waals surface area contributed by atoms with Gasteiger partial charge in [0, 0.05) is 17.7 Å². The van der Waals surface area contributed by atoms with E-state index in [0.29, 0.717) is 11.4 Å². The molecule has 0 spiro atoms. The zero-order valence-corrected chi connectivity index (χ0v) is 13.0. The van der Waals surface area contributed by atoms with E-state index >= 15 is 0 Å². The third-order valence-electron chi connectivity index (χ3n) is 3.39. The lowest BCUT2D eigenvalue weighted by Gasteiger charge is -2.06. The predicted molar refractivity (Wildman–Crippen MR) is 86.1 cm³/mol. The summed E-state index contributed by atoms with van der Waals surface area (Å²) in [5, 5.41) is 21.9. The van der Waals surface area contributed by atoms with Crippen LogP contribution < -0.4 is 0 Å². The minimum absolute atomic E-state index is 0.0135. The van der Waals surface area contributed by atoms with Gasteiger partial charge in [-0.05, 0) is 28.1 Å². The molecule has 0 aliphatic rings. The van der Waals surface area contributed by atoms with Crippen molar-refractivity contribution in [1.82, 2.24) is 20.2 Å². The summed E-state index contributed by atoms with van der Waals surface area (Å²) in [5.74, 6) is -0.0456. The van der Waals surface area contributed by atoms with Crippen molar-refractivity contribution in [3.8, 4) is 11.4 Å². The molecule has 0 radical (unpaired) electrons. The van der Waals surface area contributed by atoms with E-state index in [1.807, 2.05) is 30.3 Å². The fourth-order valence-electron chi connectivity index (χ4n) is 2.15. The van der Waals surface area contributed by atoms with Crippen LogP contribution in [-0.2, 0) is 22.7 Å². The van der Waals surface area contributed by atoms with E-state index in [1.54, 1.807) is 0 Å². The van der Waals surface area contributed by atoms with Gasteiger partial charge in [0.25, 0.3) is 5.69 Å². The number of carbonyl (C=O) groups is 1. The highest BCUT2D eigenvalue weighted by molar-refractivity contribution is 5.70. The molecule has 1 aromatic heterocycles. The molecule has 0 bridgehead atoms. The molecule has 9 heteroatoms. The number of hydrogen-bond acceptors (Lipinski definition) is 7. The Bertz CT molecular complexity index is 877. The van der Waals surface area contributed by atoms with E-state index in [9.17, 15) is 14.9 Å². The second-order valence-electron chi connectivity index (χ2n) is 5.11. The number of rotatable bonds is 6. The third kappa shape index (κ3) is 4.02. The summed E-state index contributed by atoms with van der Waals surface area (Å²) < 4.78 is 6.52. The Hall–Kier alpha value is -3.62. The largest absolute Gasteiger partial charge is 0.459 e. The van der Waals surface area contributed by atoms with Gasteiger partial charge in [-0.2, -0.15) is 0 Å². The van der Waals surface area contributed by atoms with Crippen molar-refractivity contribution in [3.05, 3.63) is 70.3 Å². The molecule has 25 heavy (non-hydrogen) atoms. The lowest BCUT2D eigenvalue weighted by Crippen LogP contribution is -2.15. The number of nitrogens with zero attached hydrogens (tertiary/aromatic N) is 5. The number of non-ortho nitro benzene ring substituents is 1. The second-order valence-corrected chi connectivity index (χ2v) is 5.11. The molecule has 0 N–H and O–H groups in total. The SMILES string of the molecule is O=C(Cn1nnnc1-c1ccccc1)OCc1ccc([N+](=O)[O-])cc1. The van der Waals surface area contributed by atoms with Gasteiger partial charge in [-0.1, -0.05) is 30.3 Å². The number of benzene rings is 2. The van der Waals surface area contributed by atoms with Crippen LogP contribution in [-0.4, -0.2) is 31.1 Å². The molecule has 3 rings (SSSR count). The average molecular weight is 339 g/mol. The zero-order valence-electron chi connectivity index (χ0n) is 13.0. The van der Waals surface area contributed by atoms with Crippen molar-refractivity contribution in [2.45, 2.75) is 13.2 Å². The van der Waals surface area contributed by atoms with Crippen molar-refractivity contribution in [2.75, 3.05) is 0 Å². The molecule has 0 saturated carbocycles.